The zero-order chi connectivity index (χ0) is 17.0. The number of nitrogens with one attached hydrogen (secondary N) is 1. The summed E-state index contributed by atoms with van der Waals surface area (Å²) in [4.78, 5) is 16.8. The van der Waals surface area contributed by atoms with Crippen LogP contribution < -0.4 is 11.1 Å². The van der Waals surface area contributed by atoms with Crippen LogP contribution in [0.1, 0.15) is 44.2 Å². The van der Waals surface area contributed by atoms with E-state index in [2.05, 4.69) is 10.3 Å². The van der Waals surface area contributed by atoms with Gasteiger partial charge in [-0.25, -0.2) is 4.98 Å². The normalized spacial score (nSPS) is 16.8. The molecule has 0 aliphatic heterocycles. The van der Waals surface area contributed by atoms with E-state index in [-0.39, 0.29) is 11.3 Å². The molecule has 0 radical (unpaired) electrons. The van der Waals surface area contributed by atoms with E-state index in [9.17, 15) is 4.79 Å². The van der Waals surface area contributed by atoms with Gasteiger partial charge in [-0.2, -0.15) is 0 Å². The Morgan fingerprint density at radius 2 is 2.12 bits per heavy atom. The summed E-state index contributed by atoms with van der Waals surface area (Å²) in [5.41, 5.74) is 8.40. The Morgan fingerprint density at radius 3 is 2.79 bits per heavy atom. The highest BCUT2D eigenvalue weighted by Gasteiger charge is 2.32. The molecule has 128 valence electrons. The van der Waals surface area contributed by atoms with Crippen LogP contribution in [0.2, 0.25) is 0 Å². The second kappa shape index (κ2) is 7.18. The lowest BCUT2D eigenvalue weighted by molar-refractivity contribution is -0.118. The average Bonchev–Trinajstić information content (AvgIpc) is 3.02. The molecule has 1 heterocycles. The number of rotatable bonds is 5. The maximum atomic E-state index is 12.5. The van der Waals surface area contributed by atoms with Gasteiger partial charge in [-0.05, 0) is 49.9 Å². The van der Waals surface area contributed by atoms with Gasteiger partial charge in [-0.15, -0.1) is 0 Å². The molecule has 0 bridgehead atoms. The molecular formula is C19H25N3O2. The van der Waals surface area contributed by atoms with Gasteiger partial charge in [0.05, 0.1) is 5.69 Å². The van der Waals surface area contributed by atoms with Crippen molar-refractivity contribution in [3.8, 4) is 11.5 Å². The Balaban J connectivity index is 1.68. The second-order valence-corrected chi connectivity index (χ2v) is 6.86. The van der Waals surface area contributed by atoms with Crippen LogP contribution in [0.5, 0.6) is 0 Å². The molecule has 1 aromatic carbocycles. The summed E-state index contributed by atoms with van der Waals surface area (Å²) in [6, 6.07) is 7.58. The fraction of sp³-hybridized carbons (Fsp3) is 0.474. The molecule has 0 spiro atoms. The number of oxazole rings is 1. The zero-order valence-electron chi connectivity index (χ0n) is 14.2. The second-order valence-electron chi connectivity index (χ2n) is 6.86. The Hall–Kier alpha value is -2.14. The van der Waals surface area contributed by atoms with Crippen molar-refractivity contribution in [2.75, 3.05) is 11.9 Å². The van der Waals surface area contributed by atoms with Crippen LogP contribution in [-0.2, 0) is 4.79 Å². The van der Waals surface area contributed by atoms with Crippen molar-refractivity contribution in [1.29, 1.82) is 0 Å². The van der Waals surface area contributed by atoms with E-state index in [0.717, 1.165) is 29.8 Å². The smallest absolute Gasteiger partial charge is 0.226 e. The summed E-state index contributed by atoms with van der Waals surface area (Å²) in [5, 5.41) is 3.00. The first kappa shape index (κ1) is 16.7. The first-order chi connectivity index (χ1) is 11.6. The molecule has 1 fully saturated rings. The summed E-state index contributed by atoms with van der Waals surface area (Å²) in [6.07, 6.45) is 7.80. The van der Waals surface area contributed by atoms with E-state index >= 15 is 0 Å². The van der Waals surface area contributed by atoms with E-state index < -0.39 is 0 Å². The van der Waals surface area contributed by atoms with Gasteiger partial charge in [0, 0.05) is 17.7 Å². The van der Waals surface area contributed by atoms with Crippen LogP contribution in [0.4, 0.5) is 5.69 Å². The highest BCUT2D eigenvalue weighted by molar-refractivity contribution is 5.91. The Labute approximate surface area is 142 Å². The van der Waals surface area contributed by atoms with Crippen LogP contribution >= 0.6 is 0 Å². The lowest BCUT2D eigenvalue weighted by Gasteiger charge is -2.35. The molecular weight excluding hydrogens is 302 g/mol. The van der Waals surface area contributed by atoms with Crippen LogP contribution in [0.15, 0.2) is 34.9 Å². The van der Waals surface area contributed by atoms with Crippen LogP contribution in [0.3, 0.4) is 0 Å². The van der Waals surface area contributed by atoms with Crippen LogP contribution in [-0.4, -0.2) is 17.4 Å². The topological polar surface area (TPSA) is 81.2 Å². The van der Waals surface area contributed by atoms with Crippen molar-refractivity contribution in [2.45, 2.75) is 45.4 Å². The third kappa shape index (κ3) is 3.85. The molecule has 1 aromatic heterocycles. The van der Waals surface area contributed by atoms with Gasteiger partial charge in [0.25, 0.3) is 0 Å². The SMILES string of the molecule is Cc1coc(-c2cccc(NC(=O)CC3(CN)CCCCC3)c2)n1. The minimum absolute atomic E-state index is 0.0282. The van der Waals surface area contributed by atoms with E-state index in [1.54, 1.807) is 6.26 Å². The number of nitrogens with zero attached hydrogens (tertiary/aromatic N) is 1. The minimum Gasteiger partial charge on any atom is -0.444 e. The molecule has 2 aromatic rings. The first-order valence-electron chi connectivity index (χ1n) is 8.63. The van der Waals surface area contributed by atoms with Crippen molar-refractivity contribution in [3.63, 3.8) is 0 Å². The van der Waals surface area contributed by atoms with Gasteiger partial charge in [-0.3, -0.25) is 4.79 Å². The average molecular weight is 327 g/mol. The Morgan fingerprint density at radius 1 is 1.33 bits per heavy atom. The highest BCUT2D eigenvalue weighted by Crippen LogP contribution is 2.38. The van der Waals surface area contributed by atoms with Crippen molar-refractivity contribution < 1.29 is 9.21 Å². The summed E-state index contributed by atoms with van der Waals surface area (Å²) in [7, 11) is 0. The number of nitrogens with two attached hydrogens (primary N) is 1. The Kier molecular flexibility index (Phi) is 5.00. The summed E-state index contributed by atoms with van der Waals surface area (Å²) in [6.45, 7) is 2.46. The number of benzene rings is 1. The molecule has 0 atom stereocenters. The Bertz CT molecular complexity index is 702. The monoisotopic (exact) mass is 327 g/mol. The number of carbonyl (C=O) groups excluding carboxylic acids is 1. The van der Waals surface area contributed by atoms with E-state index in [4.69, 9.17) is 10.2 Å². The molecule has 5 heteroatoms. The number of hydrogen-bond acceptors (Lipinski definition) is 4. The quantitative estimate of drug-likeness (QED) is 0.873. The molecule has 24 heavy (non-hydrogen) atoms. The molecule has 3 rings (SSSR count). The maximum Gasteiger partial charge on any atom is 0.226 e. The molecule has 3 N–H and O–H groups in total. The molecule has 1 aliphatic rings. The lowest BCUT2D eigenvalue weighted by Crippen LogP contribution is -2.36. The standard InChI is InChI=1S/C19H25N3O2/c1-14-12-24-18(21-14)15-6-5-7-16(10-15)22-17(23)11-19(13-20)8-3-2-4-9-19/h5-7,10,12H,2-4,8-9,11,13,20H2,1H3,(H,22,23). The van der Waals surface area contributed by atoms with Crippen molar-refractivity contribution >= 4 is 11.6 Å². The van der Waals surface area contributed by atoms with Crippen molar-refractivity contribution in [2.24, 2.45) is 11.1 Å². The molecule has 1 amide bonds. The third-order valence-electron chi connectivity index (χ3n) is 4.90. The number of anilines is 1. The molecule has 0 unspecified atom stereocenters. The molecule has 5 nitrogen and oxygen atoms in total. The van der Waals surface area contributed by atoms with Crippen molar-refractivity contribution in [3.05, 3.63) is 36.2 Å². The molecule has 0 saturated heterocycles. The predicted octanol–water partition coefficient (Wildman–Crippen LogP) is 3.89. The van der Waals surface area contributed by atoms with Gasteiger partial charge in [-0.1, -0.05) is 25.3 Å². The van der Waals surface area contributed by atoms with Crippen LogP contribution in [0, 0.1) is 12.3 Å². The zero-order valence-corrected chi connectivity index (χ0v) is 14.2. The fourth-order valence-corrected chi connectivity index (χ4v) is 3.52. The molecule has 1 aliphatic carbocycles. The van der Waals surface area contributed by atoms with Gasteiger partial charge < -0.3 is 15.5 Å². The first-order valence-corrected chi connectivity index (χ1v) is 8.63. The minimum atomic E-state index is -0.0282. The van der Waals surface area contributed by atoms with Crippen LogP contribution in [0.25, 0.3) is 11.5 Å². The van der Waals surface area contributed by atoms with E-state index in [0.29, 0.717) is 18.9 Å². The summed E-state index contributed by atoms with van der Waals surface area (Å²) >= 11 is 0. The number of hydrogen-bond donors (Lipinski definition) is 2. The third-order valence-corrected chi connectivity index (χ3v) is 4.90. The maximum absolute atomic E-state index is 12.5. The predicted molar refractivity (Wildman–Crippen MR) is 94.5 cm³/mol. The highest BCUT2D eigenvalue weighted by atomic mass is 16.3. The van der Waals surface area contributed by atoms with Gasteiger partial charge >= 0.3 is 0 Å². The van der Waals surface area contributed by atoms with Gasteiger partial charge in [0.1, 0.15) is 6.26 Å². The lowest BCUT2D eigenvalue weighted by atomic mass is 9.71. The van der Waals surface area contributed by atoms with E-state index in [1.807, 2.05) is 31.2 Å². The summed E-state index contributed by atoms with van der Waals surface area (Å²) in [5.74, 6) is 0.595. The van der Waals surface area contributed by atoms with E-state index in [1.165, 1.54) is 19.3 Å². The fourth-order valence-electron chi connectivity index (χ4n) is 3.52. The number of carbonyl (C=O) groups is 1. The largest absolute Gasteiger partial charge is 0.444 e. The number of aryl methyl sites for hydroxylation is 1. The van der Waals surface area contributed by atoms with Crippen molar-refractivity contribution in [1.82, 2.24) is 4.98 Å². The molecule has 1 saturated carbocycles. The van der Waals surface area contributed by atoms with Gasteiger partial charge in [0.2, 0.25) is 11.8 Å². The van der Waals surface area contributed by atoms with Gasteiger partial charge in [0.15, 0.2) is 0 Å². The summed E-state index contributed by atoms with van der Waals surface area (Å²) < 4.78 is 5.42. The number of amides is 1. The number of aromatic nitrogens is 1.